The van der Waals surface area contributed by atoms with Crippen LogP contribution in [0.1, 0.15) is 17.9 Å². The Bertz CT molecular complexity index is 587. The van der Waals surface area contributed by atoms with E-state index in [1.165, 1.54) is 5.56 Å². The standard InChI is InChI=1S/C18H23N3O2/c1-4-16(5-2-13(1)17-10-19-7-8-23-17)21-18-6-3-14(9-20-18)15-11-22-12-15/h1,3-6,9,13,15,17,19H,2,7-8,10-12H2,(H,20,21)/t13?,17-/m1/s1. The molecular formula is C18H23N3O2. The molecule has 3 aliphatic rings. The summed E-state index contributed by atoms with van der Waals surface area (Å²) in [4.78, 5) is 4.51. The summed E-state index contributed by atoms with van der Waals surface area (Å²) in [6.45, 7) is 4.36. The van der Waals surface area contributed by atoms with Crippen molar-refractivity contribution < 1.29 is 9.47 Å². The summed E-state index contributed by atoms with van der Waals surface area (Å²) in [5.74, 6) is 1.87. The van der Waals surface area contributed by atoms with Crippen LogP contribution in [0.3, 0.4) is 0 Å². The number of nitrogens with one attached hydrogen (secondary N) is 2. The number of rotatable bonds is 4. The quantitative estimate of drug-likeness (QED) is 0.891. The number of ether oxygens (including phenoxy) is 2. The van der Waals surface area contributed by atoms with Crippen LogP contribution in [0.2, 0.25) is 0 Å². The van der Waals surface area contributed by atoms with Crippen LogP contribution in [0.25, 0.3) is 0 Å². The van der Waals surface area contributed by atoms with Crippen LogP contribution in [-0.4, -0.2) is 44.0 Å². The van der Waals surface area contributed by atoms with Crippen LogP contribution in [0.15, 0.2) is 42.3 Å². The van der Waals surface area contributed by atoms with Crippen LogP contribution in [0, 0.1) is 5.92 Å². The maximum Gasteiger partial charge on any atom is 0.130 e. The first-order valence-electron chi connectivity index (χ1n) is 8.40. The Morgan fingerprint density at radius 2 is 2.22 bits per heavy atom. The molecule has 5 nitrogen and oxygen atoms in total. The van der Waals surface area contributed by atoms with E-state index in [0.29, 0.717) is 17.9 Å². The Balaban J connectivity index is 1.32. The van der Waals surface area contributed by atoms with E-state index in [-0.39, 0.29) is 0 Å². The maximum absolute atomic E-state index is 5.84. The molecule has 0 amide bonds. The van der Waals surface area contributed by atoms with Gasteiger partial charge in [-0.3, -0.25) is 0 Å². The van der Waals surface area contributed by atoms with Gasteiger partial charge in [0.1, 0.15) is 5.82 Å². The number of hydrogen-bond donors (Lipinski definition) is 2. The highest BCUT2D eigenvalue weighted by Crippen LogP contribution is 2.25. The van der Waals surface area contributed by atoms with E-state index >= 15 is 0 Å². The smallest absolute Gasteiger partial charge is 0.130 e. The summed E-state index contributed by atoms with van der Waals surface area (Å²) in [6, 6.07) is 4.18. The van der Waals surface area contributed by atoms with Gasteiger partial charge in [0.15, 0.2) is 0 Å². The number of nitrogens with zero attached hydrogens (tertiary/aromatic N) is 1. The Morgan fingerprint density at radius 1 is 1.26 bits per heavy atom. The van der Waals surface area contributed by atoms with Crippen molar-refractivity contribution >= 4 is 5.82 Å². The number of pyridine rings is 1. The minimum atomic E-state index is 0.292. The molecule has 1 aromatic rings. The molecule has 2 saturated heterocycles. The van der Waals surface area contributed by atoms with Crippen molar-refractivity contribution in [2.45, 2.75) is 18.4 Å². The molecule has 2 atom stereocenters. The molecule has 23 heavy (non-hydrogen) atoms. The lowest BCUT2D eigenvalue weighted by molar-refractivity contribution is 0.00354. The predicted molar refractivity (Wildman–Crippen MR) is 89.4 cm³/mol. The van der Waals surface area contributed by atoms with Gasteiger partial charge in [-0.05, 0) is 24.1 Å². The summed E-state index contributed by atoms with van der Waals surface area (Å²) < 4.78 is 11.1. The molecule has 1 unspecified atom stereocenters. The fourth-order valence-corrected chi connectivity index (χ4v) is 3.16. The minimum absolute atomic E-state index is 0.292. The van der Waals surface area contributed by atoms with Gasteiger partial charge in [-0.25, -0.2) is 4.98 Å². The van der Waals surface area contributed by atoms with Gasteiger partial charge < -0.3 is 20.1 Å². The first kappa shape index (κ1) is 14.9. The second-order valence-electron chi connectivity index (χ2n) is 6.37. The molecule has 2 aliphatic heterocycles. The predicted octanol–water partition coefficient (Wildman–Crippen LogP) is 2.06. The molecule has 122 valence electrons. The molecule has 0 radical (unpaired) electrons. The summed E-state index contributed by atoms with van der Waals surface area (Å²) in [5, 5.41) is 6.77. The number of aromatic nitrogens is 1. The van der Waals surface area contributed by atoms with E-state index in [2.05, 4.69) is 39.9 Å². The van der Waals surface area contributed by atoms with Crippen molar-refractivity contribution in [3.05, 3.63) is 47.8 Å². The Kier molecular flexibility index (Phi) is 4.41. The van der Waals surface area contributed by atoms with E-state index in [0.717, 1.165) is 50.8 Å². The average Bonchev–Trinajstić information content (AvgIpc) is 2.57. The van der Waals surface area contributed by atoms with Crippen molar-refractivity contribution in [2.24, 2.45) is 5.92 Å². The highest BCUT2D eigenvalue weighted by molar-refractivity contribution is 5.46. The molecule has 0 aromatic carbocycles. The highest BCUT2D eigenvalue weighted by Gasteiger charge is 2.23. The Labute approximate surface area is 136 Å². The molecule has 2 N–H and O–H groups in total. The third kappa shape index (κ3) is 3.47. The topological polar surface area (TPSA) is 55.4 Å². The van der Waals surface area contributed by atoms with E-state index < -0.39 is 0 Å². The van der Waals surface area contributed by atoms with Crippen molar-refractivity contribution in [3.8, 4) is 0 Å². The molecular weight excluding hydrogens is 290 g/mol. The van der Waals surface area contributed by atoms with E-state index in [1.807, 2.05) is 12.3 Å². The monoisotopic (exact) mass is 313 g/mol. The fourth-order valence-electron chi connectivity index (χ4n) is 3.16. The van der Waals surface area contributed by atoms with E-state index in [4.69, 9.17) is 9.47 Å². The first-order chi connectivity index (χ1) is 11.4. The molecule has 0 spiro atoms. The SMILES string of the molecule is C1=CC([C@H]2CNCCO2)CC=C1Nc1ccc(C2COC2)cn1. The van der Waals surface area contributed by atoms with Gasteiger partial charge in [0.05, 0.1) is 25.9 Å². The zero-order chi connectivity index (χ0) is 15.5. The molecule has 4 rings (SSSR count). The normalized spacial score (nSPS) is 28.1. The van der Waals surface area contributed by atoms with Gasteiger partial charge in [0, 0.05) is 36.8 Å². The molecule has 5 heteroatoms. The lowest BCUT2D eigenvalue weighted by atomic mass is 9.93. The minimum Gasteiger partial charge on any atom is -0.380 e. The van der Waals surface area contributed by atoms with Crippen LogP contribution >= 0.6 is 0 Å². The number of anilines is 1. The fraction of sp³-hybridized carbons (Fsp3) is 0.500. The van der Waals surface area contributed by atoms with Crippen molar-refractivity contribution in [2.75, 3.05) is 38.2 Å². The summed E-state index contributed by atoms with van der Waals surface area (Å²) in [7, 11) is 0. The highest BCUT2D eigenvalue weighted by atomic mass is 16.5. The average molecular weight is 313 g/mol. The van der Waals surface area contributed by atoms with E-state index in [9.17, 15) is 0 Å². The number of hydrogen-bond acceptors (Lipinski definition) is 5. The van der Waals surface area contributed by atoms with Crippen LogP contribution in [0.5, 0.6) is 0 Å². The van der Waals surface area contributed by atoms with E-state index in [1.54, 1.807) is 0 Å². The second kappa shape index (κ2) is 6.83. The summed E-state index contributed by atoms with van der Waals surface area (Å²) in [5.41, 5.74) is 2.37. The molecule has 3 heterocycles. The lowest BCUT2D eigenvalue weighted by Crippen LogP contribution is -2.42. The van der Waals surface area contributed by atoms with Gasteiger partial charge in [-0.2, -0.15) is 0 Å². The van der Waals surface area contributed by atoms with Crippen LogP contribution in [0.4, 0.5) is 5.82 Å². The first-order valence-corrected chi connectivity index (χ1v) is 8.40. The molecule has 0 bridgehead atoms. The van der Waals surface area contributed by atoms with Gasteiger partial charge in [0.2, 0.25) is 0 Å². The lowest BCUT2D eigenvalue weighted by Gasteiger charge is -2.30. The second-order valence-corrected chi connectivity index (χ2v) is 6.37. The van der Waals surface area contributed by atoms with Gasteiger partial charge in [-0.15, -0.1) is 0 Å². The Morgan fingerprint density at radius 3 is 2.83 bits per heavy atom. The number of morpholine rings is 1. The van der Waals surface area contributed by atoms with Crippen LogP contribution in [-0.2, 0) is 9.47 Å². The van der Waals surface area contributed by atoms with Gasteiger partial charge in [-0.1, -0.05) is 18.2 Å². The third-order valence-electron chi connectivity index (χ3n) is 4.73. The van der Waals surface area contributed by atoms with Crippen molar-refractivity contribution in [1.29, 1.82) is 0 Å². The summed E-state index contributed by atoms with van der Waals surface area (Å²) >= 11 is 0. The molecule has 1 aromatic heterocycles. The number of allylic oxidation sites excluding steroid dienone is 2. The largest absolute Gasteiger partial charge is 0.380 e. The maximum atomic E-state index is 5.84. The summed E-state index contributed by atoms with van der Waals surface area (Å²) in [6.07, 6.45) is 9.87. The van der Waals surface area contributed by atoms with Crippen molar-refractivity contribution in [3.63, 3.8) is 0 Å². The molecule has 2 fully saturated rings. The molecule has 1 aliphatic carbocycles. The Hall–Kier alpha value is -1.69. The molecule has 0 saturated carbocycles. The van der Waals surface area contributed by atoms with Crippen molar-refractivity contribution in [1.82, 2.24) is 10.3 Å². The van der Waals surface area contributed by atoms with Crippen LogP contribution < -0.4 is 10.6 Å². The zero-order valence-electron chi connectivity index (χ0n) is 13.2. The van der Waals surface area contributed by atoms with Gasteiger partial charge >= 0.3 is 0 Å². The zero-order valence-corrected chi connectivity index (χ0v) is 13.2. The third-order valence-corrected chi connectivity index (χ3v) is 4.73. The van der Waals surface area contributed by atoms with Gasteiger partial charge in [0.25, 0.3) is 0 Å².